The molecule has 0 spiro atoms. The highest BCUT2D eigenvalue weighted by atomic mass is 16.4. The zero-order chi connectivity index (χ0) is 12.1. The summed E-state index contributed by atoms with van der Waals surface area (Å²) in [7, 11) is 1.77. The van der Waals surface area contributed by atoms with Crippen molar-refractivity contribution in [2.45, 2.75) is 19.3 Å². The molecule has 0 bridgehead atoms. The van der Waals surface area contributed by atoms with Gasteiger partial charge in [-0.1, -0.05) is 0 Å². The third kappa shape index (κ3) is 3.62. The molecule has 0 aliphatic carbocycles. The van der Waals surface area contributed by atoms with E-state index in [-0.39, 0.29) is 18.2 Å². The van der Waals surface area contributed by atoms with Gasteiger partial charge in [0.25, 0.3) is 0 Å². The predicted molar refractivity (Wildman–Crippen MR) is 55.7 cm³/mol. The lowest BCUT2D eigenvalue weighted by molar-refractivity contribution is -0.140. The van der Waals surface area contributed by atoms with Crippen LogP contribution in [0.1, 0.15) is 19.3 Å². The quantitative estimate of drug-likeness (QED) is 0.622. The van der Waals surface area contributed by atoms with Crippen LogP contribution in [0, 0.1) is 0 Å². The van der Waals surface area contributed by atoms with E-state index in [1.807, 2.05) is 0 Å². The van der Waals surface area contributed by atoms with E-state index in [1.54, 1.807) is 11.9 Å². The van der Waals surface area contributed by atoms with Gasteiger partial charge in [0.05, 0.1) is 6.42 Å². The number of likely N-dealkylation sites (tertiary alicyclic amines) is 1. The van der Waals surface area contributed by atoms with Crippen LogP contribution in [0.2, 0.25) is 0 Å². The van der Waals surface area contributed by atoms with Gasteiger partial charge in [-0.15, -0.1) is 0 Å². The molecular formula is C10H16N2O4. The molecule has 1 aliphatic heterocycles. The fourth-order valence-electron chi connectivity index (χ4n) is 1.54. The summed E-state index contributed by atoms with van der Waals surface area (Å²) >= 11 is 0. The molecule has 2 amide bonds. The Labute approximate surface area is 93.8 Å². The van der Waals surface area contributed by atoms with E-state index < -0.39 is 5.97 Å². The van der Waals surface area contributed by atoms with Gasteiger partial charge in [-0.25, -0.2) is 0 Å². The number of carboxylic acids is 1. The molecule has 0 radical (unpaired) electrons. The van der Waals surface area contributed by atoms with Gasteiger partial charge in [0, 0.05) is 32.5 Å². The Kier molecular flexibility index (Phi) is 4.42. The number of carbonyl (C=O) groups is 3. The predicted octanol–water partition coefficient (Wildman–Crippen LogP) is -0.458. The van der Waals surface area contributed by atoms with Crippen LogP contribution in [-0.4, -0.2) is 59.4 Å². The monoisotopic (exact) mass is 228 g/mol. The Hall–Kier alpha value is -1.43. The van der Waals surface area contributed by atoms with Crippen LogP contribution >= 0.6 is 0 Å². The van der Waals surface area contributed by atoms with Crippen LogP contribution in [0.4, 0.5) is 0 Å². The molecule has 0 aromatic carbocycles. The zero-order valence-corrected chi connectivity index (χ0v) is 9.31. The Morgan fingerprint density at radius 2 is 1.88 bits per heavy atom. The minimum Gasteiger partial charge on any atom is -0.481 e. The van der Waals surface area contributed by atoms with E-state index in [4.69, 9.17) is 5.11 Å². The first-order valence-electron chi connectivity index (χ1n) is 5.24. The Bertz CT molecular complexity index is 287. The van der Waals surface area contributed by atoms with Crippen LogP contribution in [0.15, 0.2) is 0 Å². The first-order chi connectivity index (χ1) is 7.50. The largest absolute Gasteiger partial charge is 0.481 e. The maximum absolute atomic E-state index is 11.3. The molecule has 0 aromatic heterocycles. The first kappa shape index (κ1) is 12.6. The van der Waals surface area contributed by atoms with E-state index in [9.17, 15) is 14.4 Å². The molecular weight excluding hydrogens is 212 g/mol. The van der Waals surface area contributed by atoms with Gasteiger partial charge in [-0.2, -0.15) is 0 Å². The topological polar surface area (TPSA) is 77.9 Å². The van der Waals surface area contributed by atoms with Gasteiger partial charge in [-0.05, 0) is 7.05 Å². The van der Waals surface area contributed by atoms with Gasteiger partial charge in [0.1, 0.15) is 0 Å². The molecule has 90 valence electrons. The fraction of sp³-hybridized carbons (Fsp3) is 0.700. The maximum Gasteiger partial charge on any atom is 0.304 e. The second-order valence-corrected chi connectivity index (χ2v) is 3.89. The molecule has 16 heavy (non-hydrogen) atoms. The molecule has 0 saturated carbocycles. The van der Waals surface area contributed by atoms with E-state index in [0.29, 0.717) is 32.5 Å². The van der Waals surface area contributed by atoms with E-state index in [2.05, 4.69) is 0 Å². The Morgan fingerprint density at radius 3 is 2.38 bits per heavy atom. The van der Waals surface area contributed by atoms with Crippen LogP contribution < -0.4 is 0 Å². The normalized spacial score (nSPS) is 16.2. The molecule has 0 atom stereocenters. The number of imide groups is 1. The number of carbonyl (C=O) groups excluding carboxylic acids is 2. The van der Waals surface area contributed by atoms with Gasteiger partial charge in [0.2, 0.25) is 11.8 Å². The van der Waals surface area contributed by atoms with Crippen LogP contribution in [0.5, 0.6) is 0 Å². The number of nitrogens with zero attached hydrogens (tertiary/aromatic N) is 2. The number of hydrogen-bond acceptors (Lipinski definition) is 4. The fourth-order valence-corrected chi connectivity index (χ4v) is 1.54. The third-order valence-electron chi connectivity index (χ3n) is 2.57. The SMILES string of the molecule is CN(CCC(=O)O)CCN1C(=O)CCC1=O. The summed E-state index contributed by atoms with van der Waals surface area (Å²) in [5, 5.41) is 8.48. The summed E-state index contributed by atoms with van der Waals surface area (Å²) in [4.78, 5) is 35.9. The average Bonchev–Trinajstić information content (AvgIpc) is 2.53. The molecule has 1 saturated heterocycles. The number of hydrogen-bond donors (Lipinski definition) is 1. The number of likely N-dealkylation sites (N-methyl/N-ethyl adjacent to an activating group) is 1. The van der Waals surface area contributed by atoms with Crippen molar-refractivity contribution in [2.75, 3.05) is 26.7 Å². The van der Waals surface area contributed by atoms with Crippen molar-refractivity contribution in [3.63, 3.8) is 0 Å². The van der Waals surface area contributed by atoms with Crippen molar-refractivity contribution in [1.82, 2.24) is 9.80 Å². The van der Waals surface area contributed by atoms with Gasteiger partial charge < -0.3 is 10.0 Å². The summed E-state index contributed by atoms with van der Waals surface area (Å²) in [6, 6.07) is 0. The highest BCUT2D eigenvalue weighted by Gasteiger charge is 2.28. The van der Waals surface area contributed by atoms with Crippen molar-refractivity contribution in [2.24, 2.45) is 0 Å². The van der Waals surface area contributed by atoms with Gasteiger partial charge >= 0.3 is 5.97 Å². The number of rotatable bonds is 6. The third-order valence-corrected chi connectivity index (χ3v) is 2.57. The minimum absolute atomic E-state index is 0.0679. The Morgan fingerprint density at radius 1 is 1.31 bits per heavy atom. The molecule has 1 heterocycles. The summed E-state index contributed by atoms with van der Waals surface area (Å²) in [6.45, 7) is 1.30. The Balaban J connectivity index is 2.25. The van der Waals surface area contributed by atoms with Crippen LogP contribution in [0.3, 0.4) is 0 Å². The first-order valence-corrected chi connectivity index (χ1v) is 5.24. The van der Waals surface area contributed by atoms with Crippen molar-refractivity contribution in [3.05, 3.63) is 0 Å². The number of amides is 2. The molecule has 6 heteroatoms. The molecule has 1 rings (SSSR count). The summed E-state index contributed by atoms with van der Waals surface area (Å²) < 4.78 is 0. The lowest BCUT2D eigenvalue weighted by atomic mass is 10.4. The maximum atomic E-state index is 11.3. The van der Waals surface area contributed by atoms with Crippen molar-refractivity contribution >= 4 is 17.8 Å². The molecule has 6 nitrogen and oxygen atoms in total. The highest BCUT2D eigenvalue weighted by Crippen LogP contribution is 2.10. The molecule has 1 aliphatic rings. The summed E-state index contributed by atoms with van der Waals surface area (Å²) in [5.74, 6) is -1.10. The van der Waals surface area contributed by atoms with Crippen molar-refractivity contribution in [1.29, 1.82) is 0 Å². The molecule has 0 unspecified atom stereocenters. The smallest absolute Gasteiger partial charge is 0.304 e. The molecule has 1 N–H and O–H groups in total. The van der Waals surface area contributed by atoms with E-state index in [1.165, 1.54) is 4.90 Å². The standard InChI is InChI=1S/C10H16N2O4/c1-11(5-4-10(15)16)6-7-12-8(13)2-3-9(12)14/h2-7H2,1H3,(H,15,16). The van der Waals surface area contributed by atoms with Crippen molar-refractivity contribution < 1.29 is 19.5 Å². The molecule has 0 aromatic rings. The average molecular weight is 228 g/mol. The van der Waals surface area contributed by atoms with Crippen LogP contribution in [-0.2, 0) is 14.4 Å². The number of aliphatic carboxylic acids is 1. The van der Waals surface area contributed by atoms with E-state index in [0.717, 1.165) is 0 Å². The lowest BCUT2D eigenvalue weighted by Gasteiger charge is -2.19. The van der Waals surface area contributed by atoms with E-state index >= 15 is 0 Å². The highest BCUT2D eigenvalue weighted by molar-refractivity contribution is 6.01. The van der Waals surface area contributed by atoms with Crippen molar-refractivity contribution in [3.8, 4) is 0 Å². The summed E-state index contributed by atoms with van der Waals surface area (Å²) in [6.07, 6.45) is 0.674. The second kappa shape index (κ2) is 5.60. The molecule has 1 fully saturated rings. The van der Waals surface area contributed by atoms with Gasteiger partial charge in [-0.3, -0.25) is 19.3 Å². The number of carboxylic acid groups (broad SMARTS) is 1. The summed E-state index contributed by atoms with van der Waals surface area (Å²) in [5.41, 5.74) is 0. The zero-order valence-electron chi connectivity index (χ0n) is 9.31. The van der Waals surface area contributed by atoms with Gasteiger partial charge in [0.15, 0.2) is 0 Å². The second-order valence-electron chi connectivity index (χ2n) is 3.89. The van der Waals surface area contributed by atoms with Crippen LogP contribution in [0.25, 0.3) is 0 Å². The minimum atomic E-state index is -0.847. The lowest BCUT2D eigenvalue weighted by Crippen LogP contribution is -2.37.